The van der Waals surface area contributed by atoms with Gasteiger partial charge in [-0.15, -0.1) is 0 Å². The van der Waals surface area contributed by atoms with Crippen molar-refractivity contribution in [3.63, 3.8) is 0 Å². The van der Waals surface area contributed by atoms with E-state index in [0.29, 0.717) is 0 Å². The molecule has 2 aromatic carbocycles. The van der Waals surface area contributed by atoms with E-state index in [-0.39, 0.29) is 18.0 Å². The molecule has 0 aliphatic carbocycles. The number of hydrogen-bond donors (Lipinski definition) is 2. The van der Waals surface area contributed by atoms with Gasteiger partial charge in [-0.25, -0.2) is 9.18 Å². The van der Waals surface area contributed by atoms with E-state index in [4.69, 9.17) is 15.6 Å². The first-order chi connectivity index (χ1) is 9.49. The molecule has 0 heterocycles. The van der Waals surface area contributed by atoms with Crippen LogP contribution < -0.4 is 10.5 Å². The lowest BCUT2D eigenvalue weighted by Gasteiger charge is -2.11. The predicted octanol–water partition coefficient (Wildman–Crippen LogP) is 3.45. The maximum atomic E-state index is 13.6. The van der Waals surface area contributed by atoms with Crippen molar-refractivity contribution in [2.45, 2.75) is 6.61 Å². The molecular formula is C14H11BrFNO3. The minimum absolute atomic E-state index is 0.0795. The van der Waals surface area contributed by atoms with Gasteiger partial charge in [-0.2, -0.15) is 0 Å². The first-order valence-corrected chi connectivity index (χ1v) is 6.47. The Balaban J connectivity index is 2.21. The monoisotopic (exact) mass is 339 g/mol. The first-order valence-electron chi connectivity index (χ1n) is 5.67. The molecule has 0 aliphatic rings. The van der Waals surface area contributed by atoms with Crippen molar-refractivity contribution in [3.05, 3.63) is 57.8 Å². The van der Waals surface area contributed by atoms with Crippen LogP contribution >= 0.6 is 15.9 Å². The van der Waals surface area contributed by atoms with Crippen LogP contribution in [0.25, 0.3) is 0 Å². The van der Waals surface area contributed by atoms with Gasteiger partial charge in [0.25, 0.3) is 0 Å². The lowest BCUT2D eigenvalue weighted by molar-refractivity contribution is 0.0692. The molecule has 0 saturated heterocycles. The molecule has 6 heteroatoms. The summed E-state index contributed by atoms with van der Waals surface area (Å²) in [6, 6.07) is 9.45. The smallest absolute Gasteiger partial charge is 0.338 e. The second-order valence-corrected chi connectivity index (χ2v) is 4.91. The third kappa shape index (κ3) is 3.08. The van der Waals surface area contributed by atoms with Gasteiger partial charge in [0.15, 0.2) is 0 Å². The summed E-state index contributed by atoms with van der Waals surface area (Å²) in [4.78, 5) is 10.8. The fourth-order valence-corrected chi connectivity index (χ4v) is 2.03. The minimum atomic E-state index is -1.37. The van der Waals surface area contributed by atoms with Crippen LogP contribution in [0, 0.1) is 5.82 Å². The van der Waals surface area contributed by atoms with Crippen molar-refractivity contribution in [2.24, 2.45) is 0 Å². The molecule has 0 atom stereocenters. The molecule has 4 nitrogen and oxygen atoms in total. The largest absolute Gasteiger partial charge is 0.487 e. The SMILES string of the molecule is Nc1cc(C(=O)O)c(F)cc1OCc1ccccc1Br. The quantitative estimate of drug-likeness (QED) is 0.837. The van der Waals surface area contributed by atoms with Crippen LogP contribution in [-0.2, 0) is 6.61 Å². The highest BCUT2D eigenvalue weighted by Crippen LogP contribution is 2.27. The molecule has 2 rings (SSSR count). The number of benzene rings is 2. The van der Waals surface area contributed by atoms with E-state index in [9.17, 15) is 9.18 Å². The average Bonchev–Trinajstić information content (AvgIpc) is 2.40. The first kappa shape index (κ1) is 14.3. The van der Waals surface area contributed by atoms with Crippen molar-refractivity contribution < 1.29 is 19.0 Å². The number of hydrogen-bond acceptors (Lipinski definition) is 3. The number of nitrogens with two attached hydrogens (primary N) is 1. The lowest BCUT2D eigenvalue weighted by Crippen LogP contribution is -2.05. The maximum Gasteiger partial charge on any atom is 0.338 e. The number of carbonyl (C=O) groups is 1. The molecular weight excluding hydrogens is 329 g/mol. The molecule has 3 N–H and O–H groups in total. The van der Waals surface area contributed by atoms with Gasteiger partial charge in [-0.3, -0.25) is 0 Å². The summed E-state index contributed by atoms with van der Waals surface area (Å²) in [7, 11) is 0. The van der Waals surface area contributed by atoms with Crippen LogP contribution in [0.2, 0.25) is 0 Å². The van der Waals surface area contributed by atoms with E-state index < -0.39 is 17.3 Å². The van der Waals surface area contributed by atoms with E-state index in [1.165, 1.54) is 0 Å². The molecule has 0 unspecified atom stereocenters. The minimum Gasteiger partial charge on any atom is -0.487 e. The zero-order valence-electron chi connectivity index (χ0n) is 10.3. The van der Waals surface area contributed by atoms with Crippen molar-refractivity contribution in [1.29, 1.82) is 0 Å². The van der Waals surface area contributed by atoms with E-state index in [0.717, 1.165) is 22.2 Å². The molecule has 0 aliphatic heterocycles. The summed E-state index contributed by atoms with van der Waals surface area (Å²) in [5.74, 6) is -2.14. The van der Waals surface area contributed by atoms with Crippen molar-refractivity contribution in [3.8, 4) is 5.75 Å². The Kier molecular flexibility index (Phi) is 4.24. The highest BCUT2D eigenvalue weighted by Gasteiger charge is 2.14. The van der Waals surface area contributed by atoms with Crippen LogP contribution in [-0.4, -0.2) is 11.1 Å². The standard InChI is InChI=1S/C14H11BrFNO3/c15-10-4-2-1-3-8(10)7-20-13-6-11(16)9(14(18)19)5-12(13)17/h1-6H,7,17H2,(H,18,19). The number of ether oxygens (including phenoxy) is 1. The van der Waals surface area contributed by atoms with E-state index in [1.807, 2.05) is 24.3 Å². The van der Waals surface area contributed by atoms with Crippen LogP contribution in [0.4, 0.5) is 10.1 Å². The van der Waals surface area contributed by atoms with Crippen molar-refractivity contribution in [1.82, 2.24) is 0 Å². The number of nitrogen functional groups attached to an aromatic ring is 1. The van der Waals surface area contributed by atoms with Crippen molar-refractivity contribution in [2.75, 3.05) is 5.73 Å². The zero-order chi connectivity index (χ0) is 14.7. The van der Waals surface area contributed by atoms with E-state index in [2.05, 4.69) is 15.9 Å². The average molecular weight is 340 g/mol. The van der Waals surface area contributed by atoms with Gasteiger partial charge in [0.05, 0.1) is 11.3 Å². The number of aromatic carboxylic acids is 1. The number of carboxylic acids is 1. The third-order valence-corrected chi connectivity index (χ3v) is 3.44. The van der Waals surface area contributed by atoms with Gasteiger partial charge in [-0.05, 0) is 12.1 Å². The fraction of sp³-hybridized carbons (Fsp3) is 0.0714. The molecule has 0 saturated carbocycles. The summed E-state index contributed by atoms with van der Waals surface area (Å²) >= 11 is 3.37. The molecule has 0 radical (unpaired) electrons. The van der Waals surface area contributed by atoms with Crippen molar-refractivity contribution >= 4 is 27.6 Å². The van der Waals surface area contributed by atoms with Crippen LogP contribution in [0.1, 0.15) is 15.9 Å². The molecule has 0 fully saturated rings. The van der Waals surface area contributed by atoms with Gasteiger partial charge < -0.3 is 15.6 Å². The summed E-state index contributed by atoms with van der Waals surface area (Å²) in [6.07, 6.45) is 0. The van der Waals surface area contributed by atoms with Gasteiger partial charge in [0.1, 0.15) is 18.2 Å². The summed E-state index contributed by atoms with van der Waals surface area (Å²) in [5.41, 5.74) is 6.14. The van der Waals surface area contributed by atoms with Gasteiger partial charge in [0, 0.05) is 16.1 Å². The number of halogens is 2. The van der Waals surface area contributed by atoms with Crippen LogP contribution in [0.15, 0.2) is 40.9 Å². The molecule has 104 valence electrons. The molecule has 0 amide bonds. The van der Waals surface area contributed by atoms with E-state index in [1.54, 1.807) is 0 Å². The van der Waals surface area contributed by atoms with Gasteiger partial charge in [-0.1, -0.05) is 34.1 Å². The Morgan fingerprint density at radius 1 is 1.35 bits per heavy atom. The Morgan fingerprint density at radius 2 is 2.05 bits per heavy atom. The summed E-state index contributed by atoms with van der Waals surface area (Å²) < 4.78 is 19.9. The summed E-state index contributed by atoms with van der Waals surface area (Å²) in [6.45, 7) is 0.192. The molecule has 0 spiro atoms. The normalized spacial score (nSPS) is 10.3. The second kappa shape index (κ2) is 5.92. The Bertz CT molecular complexity index is 661. The number of rotatable bonds is 4. The Labute approximate surface area is 123 Å². The Hall–Kier alpha value is -2.08. The highest BCUT2D eigenvalue weighted by atomic mass is 79.9. The predicted molar refractivity (Wildman–Crippen MR) is 76.2 cm³/mol. The highest BCUT2D eigenvalue weighted by molar-refractivity contribution is 9.10. The molecule has 0 bridgehead atoms. The third-order valence-electron chi connectivity index (χ3n) is 2.67. The zero-order valence-corrected chi connectivity index (χ0v) is 11.9. The molecule has 0 aromatic heterocycles. The summed E-state index contributed by atoms with van der Waals surface area (Å²) in [5, 5.41) is 8.78. The van der Waals surface area contributed by atoms with E-state index >= 15 is 0 Å². The molecule has 20 heavy (non-hydrogen) atoms. The lowest BCUT2D eigenvalue weighted by atomic mass is 10.1. The second-order valence-electron chi connectivity index (χ2n) is 4.06. The van der Waals surface area contributed by atoms with Gasteiger partial charge >= 0.3 is 5.97 Å². The fourth-order valence-electron chi connectivity index (χ4n) is 1.63. The number of anilines is 1. The Morgan fingerprint density at radius 3 is 2.70 bits per heavy atom. The van der Waals surface area contributed by atoms with Crippen LogP contribution in [0.5, 0.6) is 5.75 Å². The molecule has 2 aromatic rings. The maximum absolute atomic E-state index is 13.6. The van der Waals surface area contributed by atoms with Crippen LogP contribution in [0.3, 0.4) is 0 Å². The number of carboxylic acid groups (broad SMARTS) is 1. The topological polar surface area (TPSA) is 72.6 Å². The van der Waals surface area contributed by atoms with Gasteiger partial charge in [0.2, 0.25) is 0 Å².